The summed E-state index contributed by atoms with van der Waals surface area (Å²) in [4.78, 5) is 27.8. The lowest BCUT2D eigenvalue weighted by atomic mass is 9.74. The summed E-state index contributed by atoms with van der Waals surface area (Å²) in [6.07, 6.45) is 6.44. The summed E-state index contributed by atoms with van der Waals surface area (Å²) in [5.41, 5.74) is 0.275. The third-order valence-electron chi connectivity index (χ3n) is 5.04. The van der Waals surface area contributed by atoms with Crippen molar-refractivity contribution in [2.45, 2.75) is 31.2 Å². The van der Waals surface area contributed by atoms with E-state index in [2.05, 4.69) is 0 Å². The Morgan fingerprint density at radius 1 is 1.20 bits per heavy atom. The molecule has 1 aromatic carbocycles. The molecule has 1 heterocycles. The molecule has 0 spiro atoms. The number of aryl methyl sites for hydroxylation is 1. The molecule has 1 aromatic heterocycles. The minimum Gasteiger partial charge on any atom is -0.325 e. The Morgan fingerprint density at radius 2 is 1.96 bits per heavy atom. The third-order valence-corrected chi connectivity index (χ3v) is 5.37. The second-order valence-electron chi connectivity index (χ2n) is 6.59. The van der Waals surface area contributed by atoms with Gasteiger partial charge in [-0.3, -0.25) is 9.59 Å². The van der Waals surface area contributed by atoms with Gasteiger partial charge in [0.15, 0.2) is 18.2 Å². The molecule has 1 aliphatic carbocycles. The molecule has 1 amide bonds. The van der Waals surface area contributed by atoms with Crippen LogP contribution in [0.15, 0.2) is 48.8 Å². The maximum absolute atomic E-state index is 13.1. The van der Waals surface area contributed by atoms with Gasteiger partial charge >= 0.3 is 0 Å². The van der Waals surface area contributed by atoms with Gasteiger partial charge in [-0.25, -0.2) is 4.57 Å². The van der Waals surface area contributed by atoms with Crippen LogP contribution < -0.4 is 4.57 Å². The number of hydrogen-bond donors (Lipinski definition) is 0. The molecule has 0 unspecified atom stereocenters. The highest BCUT2D eigenvalue weighted by atomic mass is 35.5. The Kier molecular flexibility index (Phi) is 4.91. The molecular weight excluding hydrogens is 336 g/mol. The van der Waals surface area contributed by atoms with E-state index in [1.54, 1.807) is 30.3 Å². The van der Waals surface area contributed by atoms with Gasteiger partial charge in [0.05, 0.1) is 0 Å². The maximum Gasteiger partial charge on any atom is 0.260 e. The second kappa shape index (κ2) is 6.96. The van der Waals surface area contributed by atoms with Gasteiger partial charge in [0.1, 0.15) is 18.2 Å². The molecule has 1 aliphatic rings. The van der Waals surface area contributed by atoms with E-state index >= 15 is 0 Å². The van der Waals surface area contributed by atoms with Crippen molar-refractivity contribution in [3.05, 3.63) is 64.9 Å². The molecular formula is C20H22ClN2O2+. The number of pyridine rings is 1. The molecule has 0 bridgehead atoms. The van der Waals surface area contributed by atoms with Crippen LogP contribution in [-0.2, 0) is 17.4 Å². The fraction of sp³-hybridized carbons (Fsp3) is 0.350. The molecule has 2 aromatic rings. The first kappa shape index (κ1) is 17.6. The monoisotopic (exact) mass is 357 g/mol. The predicted molar refractivity (Wildman–Crippen MR) is 96.3 cm³/mol. The lowest BCUT2D eigenvalue weighted by Gasteiger charge is -2.43. The van der Waals surface area contributed by atoms with E-state index in [0.717, 1.165) is 18.4 Å². The first-order chi connectivity index (χ1) is 12.0. The summed E-state index contributed by atoms with van der Waals surface area (Å²) in [5, 5.41) is 0.524. The van der Waals surface area contributed by atoms with Crippen molar-refractivity contribution >= 4 is 23.3 Å². The van der Waals surface area contributed by atoms with Crippen LogP contribution in [0, 0.1) is 0 Å². The topological polar surface area (TPSA) is 41.3 Å². The molecule has 3 rings (SSSR count). The molecule has 0 radical (unpaired) electrons. The highest BCUT2D eigenvalue weighted by molar-refractivity contribution is 6.31. The lowest BCUT2D eigenvalue weighted by Crippen LogP contribution is -2.54. The summed E-state index contributed by atoms with van der Waals surface area (Å²) in [5.74, 6) is -0.116. The number of Topliss-reactive ketones (excluding diaryl/α,β-unsaturated/α-hetero) is 1. The van der Waals surface area contributed by atoms with E-state index in [9.17, 15) is 9.59 Å². The van der Waals surface area contributed by atoms with Crippen LogP contribution in [0.2, 0.25) is 5.02 Å². The number of aromatic nitrogens is 1. The molecule has 0 aliphatic heterocycles. The number of amides is 1. The number of carbonyl (C=O) groups excluding carboxylic acids is 2. The Balaban J connectivity index is 2.10. The van der Waals surface area contributed by atoms with Crippen LogP contribution in [0.3, 0.4) is 0 Å². The number of likely N-dealkylation sites (N-methyl/N-ethyl adjacent to an activating group) is 1. The number of carbonyl (C=O) groups is 2. The molecule has 25 heavy (non-hydrogen) atoms. The molecule has 130 valence electrons. The zero-order valence-electron chi connectivity index (χ0n) is 14.5. The van der Waals surface area contributed by atoms with Crippen molar-refractivity contribution in [2.75, 3.05) is 7.05 Å². The first-order valence-corrected chi connectivity index (χ1v) is 8.86. The van der Waals surface area contributed by atoms with Crippen LogP contribution in [0.5, 0.6) is 0 Å². The highest BCUT2D eigenvalue weighted by Crippen LogP contribution is 2.42. The van der Waals surface area contributed by atoms with Crippen molar-refractivity contribution in [3.63, 3.8) is 0 Å². The maximum atomic E-state index is 13.1. The standard InChI is InChI=1S/C20H22ClN2O2/c1-22-13-7-8-15(14-22)19(25)23(2)20(12-6-5-11-18(20)24)16-9-3-4-10-17(16)21/h3-4,7-10,13-14H,5-6,11-12H2,1-2H3/q+1/t20-/m0/s1. The number of rotatable bonds is 3. The van der Waals surface area contributed by atoms with Gasteiger partial charge in [0.25, 0.3) is 5.91 Å². The van der Waals surface area contributed by atoms with Gasteiger partial charge in [0.2, 0.25) is 0 Å². The van der Waals surface area contributed by atoms with E-state index in [1.165, 1.54) is 0 Å². The van der Waals surface area contributed by atoms with Gasteiger partial charge in [0, 0.05) is 30.1 Å². The van der Waals surface area contributed by atoms with Crippen molar-refractivity contribution in [3.8, 4) is 0 Å². The van der Waals surface area contributed by atoms with Crippen molar-refractivity contribution in [1.29, 1.82) is 0 Å². The van der Waals surface area contributed by atoms with Crippen LogP contribution in [0.1, 0.15) is 41.6 Å². The summed E-state index contributed by atoms with van der Waals surface area (Å²) in [6.45, 7) is 0. The Bertz CT molecular complexity index is 821. The van der Waals surface area contributed by atoms with E-state index in [-0.39, 0.29) is 11.7 Å². The fourth-order valence-electron chi connectivity index (χ4n) is 3.71. The molecule has 5 heteroatoms. The van der Waals surface area contributed by atoms with E-state index in [0.29, 0.717) is 23.4 Å². The van der Waals surface area contributed by atoms with Crippen molar-refractivity contribution in [2.24, 2.45) is 7.05 Å². The molecule has 4 nitrogen and oxygen atoms in total. The van der Waals surface area contributed by atoms with E-state index < -0.39 is 5.54 Å². The Labute approximate surface area is 153 Å². The minimum atomic E-state index is -0.998. The summed E-state index contributed by atoms with van der Waals surface area (Å²) >= 11 is 6.44. The van der Waals surface area contributed by atoms with E-state index in [1.807, 2.05) is 42.1 Å². The Hall–Kier alpha value is -2.20. The molecule has 1 atom stereocenters. The number of hydrogen-bond acceptors (Lipinski definition) is 2. The van der Waals surface area contributed by atoms with Crippen LogP contribution in [-0.4, -0.2) is 23.6 Å². The SMILES string of the molecule is CN(C(=O)c1ccc[n+](C)c1)[C@]1(c2ccccc2Cl)CCCCC1=O. The molecule has 1 saturated carbocycles. The summed E-state index contributed by atoms with van der Waals surface area (Å²) in [6, 6.07) is 10.9. The van der Waals surface area contributed by atoms with Crippen LogP contribution >= 0.6 is 11.6 Å². The number of ketones is 1. The highest BCUT2D eigenvalue weighted by Gasteiger charge is 2.48. The van der Waals surface area contributed by atoms with Gasteiger partial charge in [-0.05, 0) is 31.4 Å². The molecule has 1 fully saturated rings. The fourth-order valence-corrected chi connectivity index (χ4v) is 4.00. The van der Waals surface area contributed by atoms with Crippen LogP contribution in [0.4, 0.5) is 0 Å². The van der Waals surface area contributed by atoms with Gasteiger partial charge in [-0.1, -0.05) is 29.8 Å². The number of benzene rings is 1. The average Bonchev–Trinajstić information content (AvgIpc) is 2.62. The lowest BCUT2D eigenvalue weighted by molar-refractivity contribution is -0.671. The Morgan fingerprint density at radius 3 is 2.64 bits per heavy atom. The molecule has 0 N–H and O–H groups in total. The smallest absolute Gasteiger partial charge is 0.260 e. The average molecular weight is 358 g/mol. The minimum absolute atomic E-state index is 0.0583. The summed E-state index contributed by atoms with van der Waals surface area (Å²) in [7, 11) is 3.58. The normalized spacial score (nSPS) is 20.4. The quantitative estimate of drug-likeness (QED) is 0.791. The third kappa shape index (κ3) is 3.07. The van der Waals surface area contributed by atoms with Crippen molar-refractivity contribution in [1.82, 2.24) is 4.90 Å². The number of nitrogens with zero attached hydrogens (tertiary/aromatic N) is 2. The second-order valence-corrected chi connectivity index (χ2v) is 7.00. The van der Waals surface area contributed by atoms with Gasteiger partial charge in [-0.2, -0.15) is 0 Å². The van der Waals surface area contributed by atoms with Gasteiger partial charge in [-0.15, -0.1) is 0 Å². The van der Waals surface area contributed by atoms with Gasteiger partial charge < -0.3 is 4.90 Å². The zero-order chi connectivity index (χ0) is 18.0. The van der Waals surface area contributed by atoms with E-state index in [4.69, 9.17) is 11.6 Å². The largest absolute Gasteiger partial charge is 0.325 e. The predicted octanol–water partition coefficient (Wildman–Crippen LogP) is 3.28. The number of halogens is 1. The van der Waals surface area contributed by atoms with Crippen molar-refractivity contribution < 1.29 is 14.2 Å². The zero-order valence-corrected chi connectivity index (χ0v) is 15.3. The summed E-state index contributed by atoms with van der Waals surface area (Å²) < 4.78 is 1.83. The van der Waals surface area contributed by atoms with Crippen LogP contribution in [0.25, 0.3) is 0 Å². The molecule has 0 saturated heterocycles. The first-order valence-electron chi connectivity index (χ1n) is 8.48.